The smallest absolute Gasteiger partial charge is 0.251 e. The van der Waals surface area contributed by atoms with Gasteiger partial charge in [-0.1, -0.05) is 0 Å². The van der Waals surface area contributed by atoms with Gasteiger partial charge in [-0.2, -0.15) is 11.8 Å². The van der Waals surface area contributed by atoms with E-state index in [0.29, 0.717) is 42.7 Å². The molecule has 3 aromatic rings. The van der Waals surface area contributed by atoms with E-state index in [2.05, 4.69) is 38.7 Å². The lowest BCUT2D eigenvalue weighted by Gasteiger charge is -2.29. The van der Waals surface area contributed by atoms with Gasteiger partial charge in [0.2, 0.25) is 5.95 Å². The Kier molecular flexibility index (Phi) is 7.34. The number of rotatable bonds is 1. The molecule has 4 heterocycles. The summed E-state index contributed by atoms with van der Waals surface area (Å²) >= 11 is 1.99. The highest BCUT2D eigenvalue weighted by Crippen LogP contribution is 2.29. The van der Waals surface area contributed by atoms with Crippen molar-refractivity contribution >= 4 is 40.7 Å². The van der Waals surface area contributed by atoms with Gasteiger partial charge in [-0.15, -0.1) is 0 Å². The van der Waals surface area contributed by atoms with E-state index in [0.717, 1.165) is 54.3 Å². The first-order chi connectivity index (χ1) is 17.2. The maximum atomic E-state index is 12.5. The zero-order chi connectivity index (χ0) is 24.0. The molecule has 3 aliphatic heterocycles. The molecule has 0 saturated carbocycles. The third-order valence-corrected chi connectivity index (χ3v) is 7.07. The van der Waals surface area contributed by atoms with Crippen LogP contribution in [0.3, 0.4) is 0 Å². The van der Waals surface area contributed by atoms with E-state index >= 15 is 0 Å². The maximum Gasteiger partial charge on any atom is 0.251 e. The number of hydrogen-bond acceptors (Lipinski definition) is 8. The van der Waals surface area contributed by atoms with Crippen LogP contribution in [0.1, 0.15) is 28.8 Å². The minimum atomic E-state index is -0.133. The van der Waals surface area contributed by atoms with Crippen molar-refractivity contribution in [3.63, 3.8) is 0 Å². The molecular formula is C26H30N6O2S. The number of anilines is 4. The second-order valence-electron chi connectivity index (χ2n) is 8.70. The van der Waals surface area contributed by atoms with Crippen LogP contribution in [0.15, 0.2) is 48.7 Å². The summed E-state index contributed by atoms with van der Waals surface area (Å²) in [4.78, 5) is 24.1. The van der Waals surface area contributed by atoms with Crippen molar-refractivity contribution in [2.75, 3.05) is 53.7 Å². The average molecular weight is 491 g/mol. The van der Waals surface area contributed by atoms with Crippen molar-refractivity contribution < 1.29 is 9.53 Å². The standard InChI is InChI=1S/C26H30N6O2S/c27-23-15-19-3-4-22(23)24-5-7-29-26(31-24)30-20-13-18(17-34-10-2-1-6-28-25(19)33)14-21(16-20)32-8-11-35-12-9-32/h3-5,7,13-16H,1-2,6,8-12,17,27H2,(H,28,33)(H,29,30,31). The molecule has 1 aromatic heterocycles. The van der Waals surface area contributed by atoms with Gasteiger partial charge >= 0.3 is 0 Å². The number of nitrogen functional groups attached to an aromatic ring is 1. The minimum Gasteiger partial charge on any atom is -0.398 e. The number of nitrogens with two attached hydrogens (primary N) is 1. The number of ether oxygens (including phenoxy) is 1. The zero-order valence-electron chi connectivity index (χ0n) is 19.6. The SMILES string of the molecule is Nc1cc2ccc1-c1ccnc(n1)Nc1cc(cc(N3CCSCC3)c1)COCCCCNC2=O. The Morgan fingerprint density at radius 2 is 1.94 bits per heavy atom. The molecule has 6 rings (SSSR count). The summed E-state index contributed by atoms with van der Waals surface area (Å²) < 4.78 is 5.97. The van der Waals surface area contributed by atoms with E-state index in [9.17, 15) is 4.79 Å². The van der Waals surface area contributed by atoms with Crippen LogP contribution < -0.4 is 21.3 Å². The summed E-state index contributed by atoms with van der Waals surface area (Å²) in [5.41, 5.74) is 12.0. The van der Waals surface area contributed by atoms with Crippen molar-refractivity contribution in [3.05, 3.63) is 59.8 Å². The summed E-state index contributed by atoms with van der Waals surface area (Å²) in [6.07, 6.45) is 3.43. The Morgan fingerprint density at radius 3 is 2.80 bits per heavy atom. The van der Waals surface area contributed by atoms with Gasteiger partial charge in [0.05, 0.1) is 12.3 Å². The molecule has 9 heteroatoms. The number of thioether (sulfide) groups is 1. The molecule has 1 amide bonds. The number of nitrogens with one attached hydrogen (secondary N) is 2. The number of carbonyl (C=O) groups is 1. The topological polar surface area (TPSA) is 105 Å². The van der Waals surface area contributed by atoms with Gasteiger partial charge in [0, 0.05) is 72.1 Å². The van der Waals surface area contributed by atoms with Gasteiger partial charge in [-0.3, -0.25) is 4.79 Å². The molecule has 0 spiro atoms. The van der Waals surface area contributed by atoms with E-state index in [1.807, 2.05) is 23.9 Å². The fraction of sp³-hybridized carbons (Fsp3) is 0.346. The van der Waals surface area contributed by atoms with Gasteiger partial charge in [-0.25, -0.2) is 9.97 Å². The van der Waals surface area contributed by atoms with Crippen LogP contribution in [0.4, 0.5) is 23.0 Å². The number of carbonyl (C=O) groups excluding carboxylic acids is 1. The van der Waals surface area contributed by atoms with Crippen molar-refractivity contribution in [1.82, 2.24) is 15.3 Å². The lowest BCUT2D eigenvalue weighted by Crippen LogP contribution is -2.32. The van der Waals surface area contributed by atoms with Gasteiger partial charge < -0.3 is 26.0 Å². The molecule has 8 nitrogen and oxygen atoms in total. The molecule has 0 radical (unpaired) electrons. The third kappa shape index (κ3) is 5.86. The summed E-state index contributed by atoms with van der Waals surface area (Å²) in [6, 6.07) is 13.6. The van der Waals surface area contributed by atoms with Gasteiger partial charge in [0.15, 0.2) is 0 Å². The fourth-order valence-electron chi connectivity index (χ4n) is 4.29. The van der Waals surface area contributed by atoms with Crippen LogP contribution in [0.5, 0.6) is 0 Å². The molecule has 1 fully saturated rings. The predicted molar refractivity (Wildman–Crippen MR) is 142 cm³/mol. The summed E-state index contributed by atoms with van der Waals surface area (Å²) in [7, 11) is 0. The number of hydrogen-bond donors (Lipinski definition) is 3. The highest BCUT2D eigenvalue weighted by molar-refractivity contribution is 7.99. The second-order valence-corrected chi connectivity index (χ2v) is 9.92. The number of amides is 1. The second kappa shape index (κ2) is 11.0. The lowest BCUT2D eigenvalue weighted by atomic mass is 10.1. The van der Waals surface area contributed by atoms with E-state index in [1.165, 1.54) is 5.69 Å². The molecule has 2 aromatic carbocycles. The number of fused-ring (bicyclic) bond motifs is 9. The number of benzene rings is 2. The van der Waals surface area contributed by atoms with Crippen molar-refractivity contribution in [2.24, 2.45) is 0 Å². The normalized spacial score (nSPS) is 17.0. The molecule has 4 N–H and O–H groups in total. The fourth-order valence-corrected chi connectivity index (χ4v) is 5.20. The highest BCUT2D eigenvalue weighted by Gasteiger charge is 2.15. The third-order valence-electron chi connectivity index (χ3n) is 6.12. The first-order valence-electron chi connectivity index (χ1n) is 12.0. The summed E-state index contributed by atoms with van der Waals surface area (Å²) in [5, 5.41) is 6.34. The van der Waals surface area contributed by atoms with Crippen LogP contribution in [-0.2, 0) is 11.3 Å². The quantitative estimate of drug-likeness (QED) is 0.439. The minimum absolute atomic E-state index is 0.133. The molecule has 182 valence electrons. The number of aromatic nitrogens is 2. The molecular weight excluding hydrogens is 460 g/mol. The first kappa shape index (κ1) is 23.4. The van der Waals surface area contributed by atoms with E-state index < -0.39 is 0 Å². The monoisotopic (exact) mass is 490 g/mol. The lowest BCUT2D eigenvalue weighted by molar-refractivity contribution is 0.0946. The van der Waals surface area contributed by atoms with Crippen molar-refractivity contribution in [1.29, 1.82) is 0 Å². The van der Waals surface area contributed by atoms with Crippen LogP contribution >= 0.6 is 11.8 Å². The molecule has 0 atom stereocenters. The van der Waals surface area contributed by atoms with Crippen LogP contribution in [0.2, 0.25) is 0 Å². The zero-order valence-corrected chi connectivity index (χ0v) is 20.4. The van der Waals surface area contributed by atoms with E-state index in [-0.39, 0.29) is 5.91 Å². The first-order valence-corrected chi connectivity index (χ1v) is 13.1. The predicted octanol–water partition coefficient (Wildman–Crippen LogP) is 4.06. The summed E-state index contributed by atoms with van der Waals surface area (Å²) in [6.45, 7) is 3.81. The Bertz CT molecular complexity index is 1200. The van der Waals surface area contributed by atoms with Gasteiger partial charge in [0.25, 0.3) is 5.91 Å². The average Bonchev–Trinajstić information content (AvgIpc) is 2.88. The molecule has 3 aliphatic rings. The maximum absolute atomic E-state index is 12.5. The van der Waals surface area contributed by atoms with E-state index in [1.54, 1.807) is 18.3 Å². The molecule has 35 heavy (non-hydrogen) atoms. The molecule has 0 unspecified atom stereocenters. The summed E-state index contributed by atoms with van der Waals surface area (Å²) in [5.74, 6) is 2.61. The molecule has 6 bridgehead atoms. The Labute approximate surface area is 209 Å². The Hall–Kier alpha value is -3.30. The van der Waals surface area contributed by atoms with E-state index in [4.69, 9.17) is 15.5 Å². The number of nitrogens with zero attached hydrogens (tertiary/aromatic N) is 3. The Balaban J connectivity index is 1.49. The van der Waals surface area contributed by atoms with Gasteiger partial charge in [-0.05, 0) is 60.9 Å². The van der Waals surface area contributed by atoms with Crippen LogP contribution in [0, 0.1) is 0 Å². The largest absolute Gasteiger partial charge is 0.398 e. The Morgan fingerprint density at radius 1 is 1.06 bits per heavy atom. The van der Waals surface area contributed by atoms with Crippen molar-refractivity contribution in [2.45, 2.75) is 19.4 Å². The van der Waals surface area contributed by atoms with Crippen molar-refractivity contribution in [3.8, 4) is 11.3 Å². The van der Waals surface area contributed by atoms with Crippen LogP contribution in [-0.4, -0.2) is 53.6 Å². The van der Waals surface area contributed by atoms with Crippen LogP contribution in [0.25, 0.3) is 11.3 Å². The van der Waals surface area contributed by atoms with Gasteiger partial charge in [0.1, 0.15) is 0 Å². The highest BCUT2D eigenvalue weighted by atomic mass is 32.2. The molecule has 1 saturated heterocycles. The molecule has 0 aliphatic carbocycles.